The van der Waals surface area contributed by atoms with Crippen molar-refractivity contribution in [2.45, 2.75) is 258 Å². The number of hydrogen-bond donors (Lipinski definition) is 0. The van der Waals surface area contributed by atoms with Gasteiger partial charge in [0.05, 0.1) is 22.2 Å². The number of nitrogens with zero attached hydrogens (tertiary/aromatic N) is 2. The van der Waals surface area contributed by atoms with Crippen molar-refractivity contribution in [3.05, 3.63) is 393 Å². The molecule has 140 heavy (non-hydrogen) atoms. The predicted octanol–water partition coefficient (Wildman–Crippen LogP) is 39.3. The molecule has 1 atom stereocenters. The Morgan fingerprint density at radius 1 is 0.243 bits per heavy atom. The van der Waals surface area contributed by atoms with Crippen LogP contribution in [0.2, 0.25) is 0 Å². The highest BCUT2D eigenvalue weighted by molar-refractivity contribution is 6.26. The summed E-state index contributed by atoms with van der Waals surface area (Å²) in [5.74, 6) is 0. The number of hydrogen-bond acceptors (Lipinski definition) is 4. The largest absolute Gasteiger partial charge is 0.455 e. The maximum absolute atomic E-state index is 7.86. The zero-order valence-corrected chi connectivity index (χ0v) is 85.6. The summed E-state index contributed by atoms with van der Waals surface area (Å²) in [4.78, 5) is 5.01. The van der Waals surface area contributed by atoms with Gasteiger partial charge in [-0.05, 0) is 299 Å². The average Bonchev–Trinajstić information content (AvgIpc) is 1.48. The van der Waals surface area contributed by atoms with Gasteiger partial charge in [0.2, 0.25) is 0 Å². The van der Waals surface area contributed by atoms with Crippen LogP contribution in [-0.2, 0) is 43.3 Å². The molecule has 16 aromatic carbocycles. The third-order valence-corrected chi connectivity index (χ3v) is 33.3. The number of fused-ring (bicyclic) bond motifs is 27. The lowest BCUT2D eigenvalue weighted by molar-refractivity contribution is 0.398. The second-order valence-corrected chi connectivity index (χ2v) is 46.9. The molecule has 1 spiro atoms. The summed E-state index contributed by atoms with van der Waals surface area (Å²) in [5.41, 5.74) is 46.6. The van der Waals surface area contributed by atoms with E-state index in [1.54, 1.807) is 11.1 Å². The zero-order chi connectivity index (χ0) is 96.6. The van der Waals surface area contributed by atoms with Crippen LogP contribution in [-0.4, -0.2) is 0 Å². The number of anilines is 6. The van der Waals surface area contributed by atoms with Crippen molar-refractivity contribution in [3.8, 4) is 89.0 Å². The number of rotatable bonds is 23. The van der Waals surface area contributed by atoms with E-state index < -0.39 is 5.41 Å². The zero-order valence-electron chi connectivity index (χ0n) is 85.6. The molecule has 0 bridgehead atoms. The van der Waals surface area contributed by atoms with Crippen LogP contribution in [0.25, 0.3) is 133 Å². The van der Waals surface area contributed by atoms with E-state index in [0.717, 1.165) is 94.7 Å². The minimum Gasteiger partial charge on any atom is -0.455 e. The van der Waals surface area contributed by atoms with E-state index in [-0.39, 0.29) is 37.9 Å². The van der Waals surface area contributed by atoms with E-state index in [4.69, 9.17) is 8.83 Å². The van der Waals surface area contributed by atoms with Crippen LogP contribution in [0.4, 0.5) is 34.1 Å². The highest BCUT2D eigenvalue weighted by Crippen LogP contribution is 2.70. The van der Waals surface area contributed by atoms with E-state index in [1.165, 1.54) is 229 Å². The molecule has 700 valence electrons. The number of para-hydroxylation sites is 2. The Balaban J connectivity index is 0.656. The minimum absolute atomic E-state index is 0.0267. The molecule has 4 heteroatoms. The van der Waals surface area contributed by atoms with Crippen molar-refractivity contribution in [1.29, 1.82) is 0 Å². The van der Waals surface area contributed by atoms with Crippen molar-refractivity contribution >= 4 is 78.0 Å². The summed E-state index contributed by atoms with van der Waals surface area (Å²) in [6, 6.07) is 124. The molecule has 0 N–H and O–H groups in total. The first-order valence-corrected chi connectivity index (χ1v) is 52.5. The molecular weight excluding hydrogens is 1690 g/mol. The highest BCUT2D eigenvalue weighted by Gasteiger charge is 2.56. The maximum atomic E-state index is 7.86. The van der Waals surface area contributed by atoms with E-state index in [2.05, 4.69) is 450 Å². The highest BCUT2D eigenvalue weighted by atomic mass is 16.3. The molecule has 2 heterocycles. The number of benzene rings is 16. The van der Waals surface area contributed by atoms with Crippen molar-refractivity contribution in [3.63, 3.8) is 0 Å². The molecule has 0 fully saturated rings. The Hall–Kier alpha value is -13.3. The fourth-order valence-corrected chi connectivity index (χ4v) is 25.6. The first kappa shape index (κ1) is 90.6. The predicted molar refractivity (Wildman–Crippen MR) is 595 cm³/mol. The molecular formula is C136H134N2O2. The summed E-state index contributed by atoms with van der Waals surface area (Å²) in [5, 5.41) is 4.21. The summed E-state index contributed by atoms with van der Waals surface area (Å²) in [6.07, 6.45) is 18.2. The van der Waals surface area contributed by atoms with Crippen molar-refractivity contribution in [1.82, 2.24) is 0 Å². The van der Waals surface area contributed by atoms with Gasteiger partial charge in [0, 0.05) is 66.3 Å². The standard InChI is InChI=1S/C136H134N2O2/c1-19-21-23-25-27-37-75-135(76-38-28-26-24-22-20-2)109-43-33-29-39-99(109)105-73-51-90(82-116(105)135)89-50-72-104-103-71-49-88(80-114(103)134(17,18)115(104)81-89)87-48-70-102-101-69-47-86(78-112(101)133(15,16)113(102)79-87)85-52-74-111-108(77-85)100-40-30-34-44-110(100)136(111)117-84-120(138(97-65-57-93(58-66-97)131(9,10)11)98-67-59-94(60-68-98)132(12,13)14)127-124(107-42-32-36-46-122(107)139-127)125(117)126-118(136)83-119(123-106-41-31-35-45-121(106)140-128(123)126)137(95-61-53-91(54-62-95)129(3,4)5)96-63-55-92(56-64-96)130(6,7)8/h29-36,39-74,77-84H,19-28,37-38,75-76H2,1-18H3. The van der Waals surface area contributed by atoms with Crippen LogP contribution in [0.1, 0.15) is 292 Å². The van der Waals surface area contributed by atoms with Gasteiger partial charge in [-0.3, -0.25) is 0 Å². The normalized spacial score (nSPS) is 15.4. The van der Waals surface area contributed by atoms with E-state index >= 15 is 0 Å². The lowest BCUT2D eigenvalue weighted by Gasteiger charge is -2.34. The molecule has 23 rings (SSSR count). The van der Waals surface area contributed by atoms with Crippen LogP contribution in [0.5, 0.6) is 0 Å². The van der Waals surface area contributed by atoms with Gasteiger partial charge in [-0.1, -0.05) is 408 Å². The Morgan fingerprint density at radius 3 is 0.986 bits per heavy atom. The fraction of sp³-hybridized carbons (Fsp3) is 0.294. The Labute approximate surface area is 831 Å². The quantitative estimate of drug-likeness (QED) is 0.0598. The third-order valence-electron chi connectivity index (χ3n) is 33.3. The molecule has 0 saturated carbocycles. The van der Waals surface area contributed by atoms with Crippen LogP contribution >= 0.6 is 0 Å². The van der Waals surface area contributed by atoms with Gasteiger partial charge in [0.25, 0.3) is 0 Å². The minimum atomic E-state index is -0.958. The molecule has 5 aliphatic carbocycles. The summed E-state index contributed by atoms with van der Waals surface area (Å²) >= 11 is 0. The van der Waals surface area contributed by atoms with Crippen LogP contribution in [0.3, 0.4) is 0 Å². The Bertz CT molecular complexity index is 7830. The van der Waals surface area contributed by atoms with Gasteiger partial charge in [-0.25, -0.2) is 0 Å². The van der Waals surface area contributed by atoms with E-state index in [9.17, 15) is 0 Å². The average molecular weight is 1830 g/mol. The van der Waals surface area contributed by atoms with Gasteiger partial charge in [-0.2, -0.15) is 0 Å². The number of unbranched alkanes of at least 4 members (excludes halogenated alkanes) is 10. The van der Waals surface area contributed by atoms with Crippen molar-refractivity contribution in [2.75, 3.05) is 9.80 Å². The molecule has 4 nitrogen and oxygen atoms in total. The fourth-order valence-electron chi connectivity index (χ4n) is 25.6. The molecule has 1 unspecified atom stereocenters. The topological polar surface area (TPSA) is 32.8 Å². The van der Waals surface area contributed by atoms with Crippen LogP contribution in [0, 0.1) is 0 Å². The second-order valence-electron chi connectivity index (χ2n) is 46.9. The van der Waals surface area contributed by atoms with Crippen molar-refractivity contribution < 1.29 is 8.83 Å². The Morgan fingerprint density at radius 2 is 0.557 bits per heavy atom. The smallest absolute Gasteiger partial charge is 0.160 e. The van der Waals surface area contributed by atoms with Crippen LogP contribution < -0.4 is 9.80 Å². The molecule has 0 amide bonds. The summed E-state index contributed by atoms with van der Waals surface area (Å²) < 4.78 is 15.5. The SMILES string of the molecule is CCCCCCCCC1(CCCCCCCC)c2ccccc2-c2ccc(-c3ccc4c(c3)C(C)(C)c3cc(-c5ccc6c(c5)C(C)(C)c5cc(-c7ccc8c(c7)-c7ccccc7C87c8cc(N(c9ccc(C(C)(C)C)cc9)c9ccc(C(C)(C)C)cc9)c9c(oc%10ccccc%109)c8-c8c7cc(N(c7ccc(C(C)(C)C)cc7)c7ccc(C(C)(C)C)cc7)c7oc9ccccc9c87)ccc5-6)ccc3-4)cc21. The van der Waals surface area contributed by atoms with Gasteiger partial charge in [0.15, 0.2) is 5.58 Å². The van der Waals surface area contributed by atoms with E-state index in [1.807, 2.05) is 0 Å². The number of furan rings is 2. The van der Waals surface area contributed by atoms with Crippen molar-refractivity contribution in [2.24, 2.45) is 0 Å². The summed E-state index contributed by atoms with van der Waals surface area (Å²) in [6.45, 7) is 42.2. The van der Waals surface area contributed by atoms with Gasteiger partial charge >= 0.3 is 0 Å². The van der Waals surface area contributed by atoms with Gasteiger partial charge in [-0.15, -0.1) is 0 Å². The lowest BCUT2D eigenvalue weighted by atomic mass is 9.70. The first-order chi connectivity index (χ1) is 67.4. The Kier molecular flexibility index (Phi) is 21.8. The van der Waals surface area contributed by atoms with Gasteiger partial charge in [0.1, 0.15) is 16.7 Å². The lowest BCUT2D eigenvalue weighted by Crippen LogP contribution is -2.27. The first-order valence-electron chi connectivity index (χ1n) is 52.5. The molecule has 2 aromatic heterocycles. The van der Waals surface area contributed by atoms with E-state index in [0.29, 0.717) is 0 Å². The molecule has 0 saturated heterocycles. The molecule has 0 radical (unpaired) electrons. The monoisotopic (exact) mass is 1830 g/mol. The maximum Gasteiger partial charge on any atom is 0.160 e. The van der Waals surface area contributed by atoms with Gasteiger partial charge < -0.3 is 18.6 Å². The third kappa shape index (κ3) is 14.5. The molecule has 18 aromatic rings. The second kappa shape index (κ2) is 33.7. The molecule has 5 aliphatic rings. The van der Waals surface area contributed by atoms with Crippen LogP contribution in [0.15, 0.2) is 324 Å². The summed E-state index contributed by atoms with van der Waals surface area (Å²) in [7, 11) is 0. The molecule has 0 aliphatic heterocycles.